The molecular formula is C17H18BrN3O. The Morgan fingerprint density at radius 1 is 1.09 bits per heavy atom. The summed E-state index contributed by atoms with van der Waals surface area (Å²) in [7, 11) is 2.05. The largest absolute Gasteiger partial charge is 0.300 e. The smallest absolute Gasteiger partial charge is 0.136 e. The molecule has 2 aromatic heterocycles. The fourth-order valence-electron chi connectivity index (χ4n) is 3.09. The Morgan fingerprint density at radius 2 is 1.68 bits per heavy atom. The number of Topliss-reactive ketones (excluding diaryl/α,β-unsaturated/α-hetero) is 1. The van der Waals surface area contributed by atoms with Crippen LogP contribution in [-0.2, 0) is 4.79 Å². The molecule has 2 atom stereocenters. The van der Waals surface area contributed by atoms with Gasteiger partial charge in [0.1, 0.15) is 5.78 Å². The maximum absolute atomic E-state index is 12.3. The topological polar surface area (TPSA) is 46.1 Å². The first-order valence-electron chi connectivity index (χ1n) is 7.33. The van der Waals surface area contributed by atoms with Crippen molar-refractivity contribution in [3.8, 4) is 0 Å². The van der Waals surface area contributed by atoms with Crippen LogP contribution in [0, 0.1) is 6.92 Å². The molecule has 22 heavy (non-hydrogen) atoms. The Bertz CT molecular complexity index is 646. The van der Waals surface area contributed by atoms with Crippen LogP contribution in [-0.4, -0.2) is 27.7 Å². The van der Waals surface area contributed by atoms with Gasteiger partial charge in [0, 0.05) is 29.7 Å². The maximum atomic E-state index is 12.3. The second-order valence-electron chi connectivity index (χ2n) is 5.72. The normalized spacial score (nSPS) is 22.8. The minimum absolute atomic E-state index is 0.00126. The highest BCUT2D eigenvalue weighted by atomic mass is 79.9. The molecule has 2 unspecified atom stereocenters. The summed E-state index contributed by atoms with van der Waals surface area (Å²) in [6.45, 7) is 2.04. The summed E-state index contributed by atoms with van der Waals surface area (Å²) >= 11 is 3.55. The molecule has 114 valence electrons. The number of pyridine rings is 2. The van der Waals surface area contributed by atoms with Gasteiger partial charge in [0.05, 0.1) is 23.5 Å². The molecule has 2 aromatic rings. The number of aryl methyl sites for hydroxylation is 1. The van der Waals surface area contributed by atoms with Crippen LogP contribution >= 0.6 is 15.9 Å². The van der Waals surface area contributed by atoms with Crippen LogP contribution in [0.25, 0.3) is 0 Å². The third-order valence-electron chi connectivity index (χ3n) is 4.29. The first kappa shape index (κ1) is 15.3. The Hall–Kier alpha value is -1.59. The molecule has 0 radical (unpaired) electrons. The third-order valence-corrected chi connectivity index (χ3v) is 4.96. The number of ketones is 1. The molecule has 1 aliphatic rings. The molecule has 0 bridgehead atoms. The van der Waals surface area contributed by atoms with Gasteiger partial charge in [-0.25, -0.2) is 0 Å². The lowest BCUT2D eigenvalue weighted by atomic mass is 9.90. The fraction of sp³-hybridized carbons (Fsp3) is 0.353. The number of aromatic nitrogens is 2. The van der Waals surface area contributed by atoms with Gasteiger partial charge in [0.2, 0.25) is 0 Å². The van der Waals surface area contributed by atoms with Crippen LogP contribution in [0.15, 0.2) is 41.1 Å². The SMILES string of the molecule is Cc1cccnc1C1CC(=O)CC(c2ncccc2Br)N1C. The highest BCUT2D eigenvalue weighted by molar-refractivity contribution is 9.10. The van der Waals surface area contributed by atoms with Gasteiger partial charge < -0.3 is 0 Å². The average Bonchev–Trinajstić information content (AvgIpc) is 2.51. The van der Waals surface area contributed by atoms with Crippen molar-refractivity contribution in [2.24, 2.45) is 0 Å². The van der Waals surface area contributed by atoms with E-state index in [1.807, 2.05) is 31.2 Å². The van der Waals surface area contributed by atoms with Crippen molar-refractivity contribution in [1.82, 2.24) is 14.9 Å². The number of carbonyl (C=O) groups excluding carboxylic acids is 1. The molecule has 5 heteroatoms. The number of piperidine rings is 1. The molecule has 0 spiro atoms. The standard InChI is InChI=1S/C17H18BrN3O/c1-11-5-3-7-19-16(11)14-9-12(22)10-15(21(14)2)17-13(18)6-4-8-20-17/h3-8,14-15H,9-10H2,1-2H3. The molecule has 4 nitrogen and oxygen atoms in total. The summed E-state index contributed by atoms with van der Waals surface area (Å²) in [6, 6.07) is 7.80. The number of carbonyl (C=O) groups is 1. The van der Waals surface area contributed by atoms with Gasteiger partial charge in [-0.15, -0.1) is 0 Å². The molecule has 3 rings (SSSR count). The summed E-state index contributed by atoms with van der Waals surface area (Å²) in [4.78, 5) is 23.5. The number of nitrogens with zero attached hydrogens (tertiary/aromatic N) is 3. The monoisotopic (exact) mass is 359 g/mol. The summed E-state index contributed by atoms with van der Waals surface area (Å²) in [5.74, 6) is 0.260. The van der Waals surface area contributed by atoms with Crippen molar-refractivity contribution in [3.05, 3.63) is 58.1 Å². The van der Waals surface area contributed by atoms with Gasteiger partial charge in [-0.2, -0.15) is 0 Å². The lowest BCUT2D eigenvalue weighted by Crippen LogP contribution is -2.38. The van der Waals surface area contributed by atoms with E-state index in [2.05, 4.69) is 37.8 Å². The molecule has 1 fully saturated rings. The van der Waals surface area contributed by atoms with E-state index in [1.54, 1.807) is 12.4 Å². The summed E-state index contributed by atoms with van der Waals surface area (Å²) < 4.78 is 0.943. The lowest BCUT2D eigenvalue weighted by Gasteiger charge is -2.39. The zero-order valence-corrected chi connectivity index (χ0v) is 14.2. The molecular weight excluding hydrogens is 342 g/mol. The molecule has 1 saturated heterocycles. The molecule has 0 N–H and O–H groups in total. The van der Waals surface area contributed by atoms with Crippen LogP contribution in [0.1, 0.15) is 41.9 Å². The Balaban J connectivity index is 1.99. The van der Waals surface area contributed by atoms with E-state index in [4.69, 9.17) is 0 Å². The van der Waals surface area contributed by atoms with E-state index < -0.39 is 0 Å². The first-order chi connectivity index (χ1) is 10.6. The Kier molecular flexibility index (Phi) is 4.36. The minimum Gasteiger partial charge on any atom is -0.300 e. The molecule has 1 aliphatic heterocycles. The predicted octanol–water partition coefficient (Wildman–Crippen LogP) is 3.62. The van der Waals surface area contributed by atoms with Crippen molar-refractivity contribution in [1.29, 1.82) is 0 Å². The molecule has 0 aromatic carbocycles. The third kappa shape index (κ3) is 2.83. The maximum Gasteiger partial charge on any atom is 0.136 e. The van der Waals surface area contributed by atoms with Crippen molar-refractivity contribution >= 4 is 21.7 Å². The van der Waals surface area contributed by atoms with Crippen molar-refractivity contribution in [2.45, 2.75) is 31.8 Å². The minimum atomic E-state index is -0.0248. The van der Waals surface area contributed by atoms with Gasteiger partial charge in [-0.1, -0.05) is 6.07 Å². The quantitative estimate of drug-likeness (QED) is 0.821. The summed E-state index contributed by atoms with van der Waals surface area (Å²) in [5.41, 5.74) is 3.01. The second kappa shape index (κ2) is 6.26. The Labute approximate surface area is 138 Å². The zero-order chi connectivity index (χ0) is 15.7. The molecule has 0 saturated carbocycles. The van der Waals surface area contributed by atoms with Gasteiger partial charge in [-0.05, 0) is 53.7 Å². The molecule has 0 amide bonds. The summed E-state index contributed by atoms with van der Waals surface area (Å²) in [6.07, 6.45) is 4.57. The van der Waals surface area contributed by atoms with Gasteiger partial charge >= 0.3 is 0 Å². The van der Waals surface area contributed by atoms with E-state index in [9.17, 15) is 4.79 Å². The Morgan fingerprint density at radius 3 is 2.32 bits per heavy atom. The van der Waals surface area contributed by atoms with Gasteiger partial charge in [0.15, 0.2) is 0 Å². The first-order valence-corrected chi connectivity index (χ1v) is 8.12. The van der Waals surface area contributed by atoms with Crippen LogP contribution < -0.4 is 0 Å². The van der Waals surface area contributed by atoms with Gasteiger partial charge in [-0.3, -0.25) is 19.7 Å². The predicted molar refractivity (Wildman–Crippen MR) is 88.4 cm³/mol. The van der Waals surface area contributed by atoms with Crippen molar-refractivity contribution in [2.75, 3.05) is 7.05 Å². The second-order valence-corrected chi connectivity index (χ2v) is 6.57. The highest BCUT2D eigenvalue weighted by Gasteiger charge is 2.36. The number of hydrogen-bond acceptors (Lipinski definition) is 4. The van der Waals surface area contributed by atoms with Crippen LogP contribution in [0.2, 0.25) is 0 Å². The van der Waals surface area contributed by atoms with E-state index in [0.29, 0.717) is 12.8 Å². The van der Waals surface area contributed by atoms with Crippen molar-refractivity contribution < 1.29 is 4.79 Å². The number of likely N-dealkylation sites (tertiary alicyclic amines) is 1. The van der Waals surface area contributed by atoms with Crippen LogP contribution in [0.5, 0.6) is 0 Å². The zero-order valence-electron chi connectivity index (χ0n) is 12.7. The summed E-state index contributed by atoms with van der Waals surface area (Å²) in [5, 5.41) is 0. The van der Waals surface area contributed by atoms with Crippen LogP contribution in [0.3, 0.4) is 0 Å². The van der Waals surface area contributed by atoms with Gasteiger partial charge in [0.25, 0.3) is 0 Å². The average molecular weight is 360 g/mol. The highest BCUT2D eigenvalue weighted by Crippen LogP contribution is 2.40. The van der Waals surface area contributed by atoms with E-state index in [0.717, 1.165) is 21.4 Å². The number of hydrogen-bond donors (Lipinski definition) is 0. The number of rotatable bonds is 2. The van der Waals surface area contributed by atoms with E-state index in [1.165, 1.54) is 0 Å². The van der Waals surface area contributed by atoms with E-state index >= 15 is 0 Å². The molecule has 0 aliphatic carbocycles. The van der Waals surface area contributed by atoms with E-state index in [-0.39, 0.29) is 17.9 Å². The number of halogens is 1. The molecule has 3 heterocycles. The van der Waals surface area contributed by atoms with Crippen LogP contribution in [0.4, 0.5) is 0 Å². The lowest BCUT2D eigenvalue weighted by molar-refractivity contribution is -0.125. The van der Waals surface area contributed by atoms with Crippen molar-refractivity contribution in [3.63, 3.8) is 0 Å². The fourth-order valence-corrected chi connectivity index (χ4v) is 3.61.